The van der Waals surface area contributed by atoms with Crippen LogP contribution in [-0.4, -0.2) is 15.9 Å². The lowest BCUT2D eigenvalue weighted by molar-refractivity contribution is 0.0297. The molecule has 0 saturated heterocycles. The highest BCUT2D eigenvalue weighted by atomic mass is 32.1. The van der Waals surface area contributed by atoms with Crippen LogP contribution in [0.1, 0.15) is 39.1 Å². The summed E-state index contributed by atoms with van der Waals surface area (Å²) in [4.78, 5) is 21.0. The number of fused-ring (bicyclic) bond motifs is 1. The van der Waals surface area contributed by atoms with Crippen LogP contribution in [0.4, 0.5) is 0 Å². The van der Waals surface area contributed by atoms with Crippen molar-refractivity contribution in [1.29, 1.82) is 0 Å². The van der Waals surface area contributed by atoms with E-state index in [0.29, 0.717) is 4.88 Å². The van der Waals surface area contributed by atoms with E-state index >= 15 is 0 Å². The fourth-order valence-corrected chi connectivity index (χ4v) is 2.85. The van der Waals surface area contributed by atoms with Crippen LogP contribution in [0.25, 0.3) is 0 Å². The molecule has 18 heavy (non-hydrogen) atoms. The summed E-state index contributed by atoms with van der Waals surface area (Å²) in [5.41, 5.74) is 4.46. The summed E-state index contributed by atoms with van der Waals surface area (Å²) in [5, 5.41) is 0. The number of hydrogen-bond acceptors (Lipinski definition) is 5. The Morgan fingerprint density at radius 1 is 1.50 bits per heavy atom. The van der Waals surface area contributed by atoms with Crippen molar-refractivity contribution in [3.05, 3.63) is 45.7 Å². The molecule has 0 radical (unpaired) electrons. The molecule has 0 fully saturated rings. The molecular weight excluding hydrogens is 248 g/mol. The predicted octanol–water partition coefficient (Wildman–Crippen LogP) is 2.69. The summed E-state index contributed by atoms with van der Waals surface area (Å²) in [5.74, 6) is -0.293. The van der Waals surface area contributed by atoms with E-state index in [4.69, 9.17) is 4.74 Å². The maximum Gasteiger partial charge on any atom is 0.350 e. The Morgan fingerprint density at radius 2 is 2.39 bits per heavy atom. The van der Waals surface area contributed by atoms with Gasteiger partial charge in [0, 0.05) is 6.20 Å². The van der Waals surface area contributed by atoms with Gasteiger partial charge in [-0.3, -0.25) is 4.98 Å². The van der Waals surface area contributed by atoms with Crippen molar-refractivity contribution in [2.75, 3.05) is 0 Å². The molecule has 0 N–H and O–H groups in total. The van der Waals surface area contributed by atoms with Gasteiger partial charge >= 0.3 is 5.97 Å². The number of ether oxygens (including phenoxy) is 1. The molecule has 1 atom stereocenters. The van der Waals surface area contributed by atoms with Gasteiger partial charge in [0.25, 0.3) is 0 Å². The molecule has 0 aromatic carbocycles. The van der Waals surface area contributed by atoms with Crippen molar-refractivity contribution in [2.24, 2.45) is 0 Å². The molecule has 2 heterocycles. The third-order valence-corrected chi connectivity index (χ3v) is 4.00. The van der Waals surface area contributed by atoms with Gasteiger partial charge in [-0.05, 0) is 31.4 Å². The molecule has 92 valence electrons. The van der Waals surface area contributed by atoms with Gasteiger partial charge in [-0.15, -0.1) is 11.3 Å². The Labute approximate surface area is 109 Å². The molecule has 2 aromatic rings. The standard InChI is InChI=1S/C13H12N2O2S/c1-8-12(18-7-15-8)13(16)17-10-5-4-9-3-2-6-14-11(9)10/h2-3,6-7,10H,4-5H2,1H3/t10-/m0/s1. The van der Waals surface area contributed by atoms with Crippen molar-refractivity contribution in [1.82, 2.24) is 9.97 Å². The number of aryl methyl sites for hydroxylation is 2. The molecule has 4 nitrogen and oxygen atoms in total. The second-order valence-corrected chi connectivity index (χ2v) is 5.10. The normalized spacial score (nSPS) is 17.5. The largest absolute Gasteiger partial charge is 0.452 e. The monoisotopic (exact) mass is 260 g/mol. The maximum absolute atomic E-state index is 12.0. The molecule has 0 saturated carbocycles. The number of esters is 1. The third-order valence-electron chi connectivity index (χ3n) is 3.09. The van der Waals surface area contributed by atoms with Crippen LogP contribution in [0.3, 0.4) is 0 Å². The summed E-state index contributed by atoms with van der Waals surface area (Å²) in [6.07, 6.45) is 3.26. The molecule has 3 rings (SSSR count). The second-order valence-electron chi connectivity index (χ2n) is 4.25. The van der Waals surface area contributed by atoms with Crippen molar-refractivity contribution in [3.8, 4) is 0 Å². The van der Waals surface area contributed by atoms with Gasteiger partial charge in [0.05, 0.1) is 16.9 Å². The number of rotatable bonds is 2. The fourth-order valence-electron chi connectivity index (χ4n) is 2.17. The Hall–Kier alpha value is -1.75. The van der Waals surface area contributed by atoms with Crippen LogP contribution >= 0.6 is 11.3 Å². The molecule has 1 aliphatic carbocycles. The third kappa shape index (κ3) is 1.90. The molecule has 2 aromatic heterocycles. The van der Waals surface area contributed by atoms with Crippen molar-refractivity contribution >= 4 is 17.3 Å². The van der Waals surface area contributed by atoms with E-state index in [1.54, 1.807) is 11.7 Å². The van der Waals surface area contributed by atoms with Crippen molar-refractivity contribution < 1.29 is 9.53 Å². The van der Waals surface area contributed by atoms with Crippen molar-refractivity contribution in [3.63, 3.8) is 0 Å². The number of thiazole rings is 1. The fraction of sp³-hybridized carbons (Fsp3) is 0.308. The molecule has 0 unspecified atom stereocenters. The summed E-state index contributed by atoms with van der Waals surface area (Å²) in [7, 11) is 0. The van der Waals surface area contributed by atoms with E-state index in [9.17, 15) is 4.79 Å². The molecule has 0 spiro atoms. The first kappa shape index (κ1) is 11.3. The van der Waals surface area contributed by atoms with Crippen LogP contribution in [-0.2, 0) is 11.2 Å². The molecule has 5 heteroatoms. The lowest BCUT2D eigenvalue weighted by Gasteiger charge is -2.11. The van der Waals surface area contributed by atoms with Gasteiger partial charge in [-0.1, -0.05) is 6.07 Å². The minimum atomic E-state index is -0.293. The number of carbonyl (C=O) groups excluding carboxylic acids is 1. The number of carbonyl (C=O) groups is 1. The Morgan fingerprint density at radius 3 is 3.17 bits per heavy atom. The van der Waals surface area contributed by atoms with Gasteiger partial charge in [0.2, 0.25) is 0 Å². The first-order valence-electron chi connectivity index (χ1n) is 5.80. The Balaban J connectivity index is 1.79. The van der Waals surface area contributed by atoms with E-state index in [0.717, 1.165) is 24.2 Å². The SMILES string of the molecule is Cc1ncsc1C(=O)O[C@H]1CCc2cccnc21. The zero-order chi connectivity index (χ0) is 12.5. The van der Waals surface area contributed by atoms with Crippen LogP contribution in [0, 0.1) is 6.92 Å². The Kier molecular flexibility index (Phi) is 2.83. The van der Waals surface area contributed by atoms with Gasteiger partial charge in [-0.2, -0.15) is 0 Å². The quantitative estimate of drug-likeness (QED) is 0.779. The number of aromatic nitrogens is 2. The zero-order valence-electron chi connectivity index (χ0n) is 9.92. The van der Waals surface area contributed by atoms with Crippen LogP contribution in [0.2, 0.25) is 0 Å². The van der Waals surface area contributed by atoms with Gasteiger partial charge in [-0.25, -0.2) is 9.78 Å². The Bertz CT molecular complexity index is 594. The van der Waals surface area contributed by atoms with Gasteiger partial charge in [0.1, 0.15) is 11.0 Å². The smallest absolute Gasteiger partial charge is 0.350 e. The van der Waals surface area contributed by atoms with E-state index in [2.05, 4.69) is 9.97 Å². The summed E-state index contributed by atoms with van der Waals surface area (Å²) in [6, 6.07) is 3.95. The zero-order valence-corrected chi connectivity index (χ0v) is 10.7. The highest BCUT2D eigenvalue weighted by Crippen LogP contribution is 2.33. The number of pyridine rings is 1. The van der Waals surface area contributed by atoms with Gasteiger partial charge < -0.3 is 4.74 Å². The van der Waals surface area contributed by atoms with Crippen LogP contribution < -0.4 is 0 Å². The number of nitrogens with zero attached hydrogens (tertiary/aromatic N) is 2. The average Bonchev–Trinajstić information content (AvgIpc) is 2.97. The van der Waals surface area contributed by atoms with E-state index < -0.39 is 0 Å². The topological polar surface area (TPSA) is 52.1 Å². The highest BCUT2D eigenvalue weighted by Gasteiger charge is 2.28. The highest BCUT2D eigenvalue weighted by molar-refractivity contribution is 7.11. The summed E-state index contributed by atoms with van der Waals surface area (Å²) >= 11 is 1.32. The van der Waals surface area contributed by atoms with Crippen LogP contribution in [0.15, 0.2) is 23.8 Å². The predicted molar refractivity (Wildman–Crippen MR) is 67.6 cm³/mol. The second kappa shape index (κ2) is 4.49. The summed E-state index contributed by atoms with van der Waals surface area (Å²) in [6.45, 7) is 1.81. The van der Waals surface area contributed by atoms with E-state index in [1.165, 1.54) is 16.9 Å². The average molecular weight is 260 g/mol. The van der Waals surface area contributed by atoms with E-state index in [-0.39, 0.29) is 12.1 Å². The molecule has 0 amide bonds. The lowest BCUT2D eigenvalue weighted by atomic mass is 10.2. The first-order chi connectivity index (χ1) is 8.75. The lowest BCUT2D eigenvalue weighted by Crippen LogP contribution is -2.10. The van der Waals surface area contributed by atoms with Crippen molar-refractivity contribution in [2.45, 2.75) is 25.9 Å². The molecular formula is C13H12N2O2S. The van der Waals surface area contributed by atoms with Crippen LogP contribution in [0.5, 0.6) is 0 Å². The van der Waals surface area contributed by atoms with E-state index in [1.807, 2.05) is 19.1 Å². The number of hydrogen-bond donors (Lipinski definition) is 0. The molecule has 0 bridgehead atoms. The maximum atomic E-state index is 12.0. The molecule has 0 aliphatic heterocycles. The summed E-state index contributed by atoms with van der Waals surface area (Å²) < 4.78 is 5.53. The minimum absolute atomic E-state index is 0.213. The first-order valence-corrected chi connectivity index (χ1v) is 6.68. The van der Waals surface area contributed by atoms with Gasteiger partial charge in [0.15, 0.2) is 0 Å². The molecule has 1 aliphatic rings. The minimum Gasteiger partial charge on any atom is -0.452 e.